The van der Waals surface area contributed by atoms with Crippen molar-refractivity contribution in [1.29, 1.82) is 0 Å². The standard InChI is InChI=1S/C11H12FN.C7H8/c12-8-10-6-7-11(13-10)9-4-2-1-3-5-9;1-7-5-3-2-4-6-7/h1-5,10H,6-8H2;2-6H,1H3. The summed E-state index contributed by atoms with van der Waals surface area (Å²) < 4.78 is 12.3. The van der Waals surface area contributed by atoms with Crippen LogP contribution in [0.2, 0.25) is 0 Å². The van der Waals surface area contributed by atoms with Crippen molar-refractivity contribution in [2.45, 2.75) is 25.8 Å². The van der Waals surface area contributed by atoms with Gasteiger partial charge in [0, 0.05) is 5.71 Å². The average molecular weight is 269 g/mol. The van der Waals surface area contributed by atoms with Crippen molar-refractivity contribution in [3.8, 4) is 0 Å². The van der Waals surface area contributed by atoms with E-state index in [1.807, 2.05) is 48.5 Å². The first kappa shape index (κ1) is 14.4. The van der Waals surface area contributed by atoms with Gasteiger partial charge in [0.15, 0.2) is 0 Å². The van der Waals surface area contributed by atoms with Crippen molar-refractivity contribution in [3.63, 3.8) is 0 Å². The third kappa shape index (κ3) is 4.30. The fourth-order valence-corrected chi connectivity index (χ4v) is 2.15. The zero-order valence-electron chi connectivity index (χ0n) is 11.8. The minimum Gasteiger partial charge on any atom is -0.283 e. The molecule has 0 spiro atoms. The van der Waals surface area contributed by atoms with E-state index in [2.05, 4.69) is 24.0 Å². The Morgan fingerprint density at radius 2 is 1.60 bits per heavy atom. The van der Waals surface area contributed by atoms with Crippen LogP contribution >= 0.6 is 0 Å². The molecule has 0 saturated carbocycles. The van der Waals surface area contributed by atoms with E-state index in [0.717, 1.165) is 24.1 Å². The molecule has 1 unspecified atom stereocenters. The molecule has 0 aliphatic carbocycles. The van der Waals surface area contributed by atoms with E-state index in [4.69, 9.17) is 0 Å². The van der Waals surface area contributed by atoms with Gasteiger partial charge in [-0.15, -0.1) is 0 Å². The molecule has 1 aliphatic rings. The Balaban J connectivity index is 0.000000178. The van der Waals surface area contributed by atoms with E-state index in [1.54, 1.807) is 0 Å². The number of nitrogens with zero attached hydrogens (tertiary/aromatic N) is 1. The molecule has 2 aromatic rings. The van der Waals surface area contributed by atoms with Gasteiger partial charge < -0.3 is 0 Å². The van der Waals surface area contributed by atoms with Crippen LogP contribution in [-0.2, 0) is 0 Å². The molecule has 3 rings (SSSR count). The minimum atomic E-state index is -0.323. The maximum atomic E-state index is 12.3. The summed E-state index contributed by atoms with van der Waals surface area (Å²) in [5.41, 5.74) is 3.52. The minimum absolute atomic E-state index is 0.0878. The number of benzene rings is 2. The smallest absolute Gasteiger partial charge is 0.112 e. The van der Waals surface area contributed by atoms with Crippen LogP contribution in [0.15, 0.2) is 65.7 Å². The highest BCUT2D eigenvalue weighted by molar-refractivity contribution is 6.01. The zero-order valence-corrected chi connectivity index (χ0v) is 11.8. The molecule has 1 atom stereocenters. The van der Waals surface area contributed by atoms with Gasteiger partial charge in [-0.3, -0.25) is 4.99 Å². The molecule has 0 bridgehead atoms. The number of aliphatic imine (C=N–C) groups is 1. The summed E-state index contributed by atoms with van der Waals surface area (Å²) in [6.07, 6.45) is 1.78. The Labute approximate surface area is 120 Å². The number of alkyl halides is 1. The van der Waals surface area contributed by atoms with E-state index in [0.29, 0.717) is 0 Å². The fraction of sp³-hybridized carbons (Fsp3) is 0.278. The molecule has 0 radical (unpaired) electrons. The van der Waals surface area contributed by atoms with Crippen molar-refractivity contribution >= 4 is 5.71 Å². The van der Waals surface area contributed by atoms with E-state index < -0.39 is 0 Å². The molecule has 104 valence electrons. The lowest BCUT2D eigenvalue weighted by atomic mass is 10.1. The van der Waals surface area contributed by atoms with Crippen LogP contribution in [0.3, 0.4) is 0 Å². The van der Waals surface area contributed by atoms with Crippen LogP contribution in [0.1, 0.15) is 24.0 Å². The Morgan fingerprint density at radius 1 is 1.00 bits per heavy atom. The van der Waals surface area contributed by atoms with Crippen LogP contribution < -0.4 is 0 Å². The SMILES string of the molecule is Cc1ccccc1.FCC1CCC(c2ccccc2)=N1. The summed E-state index contributed by atoms with van der Waals surface area (Å²) >= 11 is 0. The fourth-order valence-electron chi connectivity index (χ4n) is 2.15. The highest BCUT2D eigenvalue weighted by Gasteiger charge is 2.17. The topological polar surface area (TPSA) is 12.4 Å². The molecule has 0 saturated heterocycles. The molecule has 20 heavy (non-hydrogen) atoms. The molecule has 1 heterocycles. The summed E-state index contributed by atoms with van der Waals surface area (Å²) in [5, 5.41) is 0. The first-order valence-corrected chi connectivity index (χ1v) is 6.99. The predicted octanol–water partition coefficient (Wildman–Crippen LogP) is 4.60. The second-order valence-electron chi connectivity index (χ2n) is 4.94. The van der Waals surface area contributed by atoms with Crippen LogP contribution in [0.4, 0.5) is 4.39 Å². The van der Waals surface area contributed by atoms with Crippen molar-refractivity contribution in [1.82, 2.24) is 0 Å². The number of hydrogen-bond acceptors (Lipinski definition) is 1. The van der Waals surface area contributed by atoms with Gasteiger partial charge in [0.25, 0.3) is 0 Å². The second kappa shape index (κ2) is 7.59. The lowest BCUT2D eigenvalue weighted by Gasteiger charge is -1.98. The Morgan fingerprint density at radius 3 is 2.05 bits per heavy atom. The molecule has 0 N–H and O–H groups in total. The van der Waals surface area contributed by atoms with Gasteiger partial charge in [0.1, 0.15) is 6.67 Å². The maximum Gasteiger partial charge on any atom is 0.112 e. The van der Waals surface area contributed by atoms with E-state index in [9.17, 15) is 4.39 Å². The largest absolute Gasteiger partial charge is 0.283 e. The maximum absolute atomic E-state index is 12.3. The quantitative estimate of drug-likeness (QED) is 0.755. The van der Waals surface area contributed by atoms with Crippen molar-refractivity contribution in [2.24, 2.45) is 4.99 Å². The zero-order chi connectivity index (χ0) is 14.2. The van der Waals surface area contributed by atoms with Gasteiger partial charge in [-0.05, 0) is 25.3 Å². The normalized spacial score (nSPS) is 17.1. The van der Waals surface area contributed by atoms with Gasteiger partial charge in [-0.1, -0.05) is 66.2 Å². The highest BCUT2D eigenvalue weighted by Crippen LogP contribution is 2.18. The first-order valence-electron chi connectivity index (χ1n) is 6.99. The Kier molecular flexibility index (Phi) is 5.48. The van der Waals surface area contributed by atoms with Crippen molar-refractivity contribution in [2.75, 3.05) is 6.67 Å². The molecular weight excluding hydrogens is 249 g/mol. The molecule has 2 heteroatoms. The monoisotopic (exact) mass is 269 g/mol. The number of halogens is 1. The van der Waals surface area contributed by atoms with Gasteiger partial charge in [-0.2, -0.15) is 0 Å². The number of aryl methyl sites for hydroxylation is 1. The summed E-state index contributed by atoms with van der Waals surface area (Å²) in [6, 6.07) is 20.2. The first-order chi connectivity index (χ1) is 9.79. The Bertz CT molecular complexity index is 534. The van der Waals surface area contributed by atoms with Crippen LogP contribution in [0, 0.1) is 6.92 Å². The number of hydrogen-bond donors (Lipinski definition) is 0. The lowest BCUT2D eigenvalue weighted by Crippen LogP contribution is -2.00. The summed E-state index contributed by atoms with van der Waals surface area (Å²) in [7, 11) is 0. The van der Waals surface area contributed by atoms with Crippen LogP contribution in [0.5, 0.6) is 0 Å². The molecule has 2 aromatic carbocycles. The molecule has 1 aliphatic heterocycles. The highest BCUT2D eigenvalue weighted by atomic mass is 19.1. The third-order valence-electron chi connectivity index (χ3n) is 3.28. The summed E-state index contributed by atoms with van der Waals surface area (Å²) in [6.45, 7) is 1.76. The predicted molar refractivity (Wildman–Crippen MR) is 83.2 cm³/mol. The van der Waals surface area contributed by atoms with E-state index in [-0.39, 0.29) is 12.7 Å². The summed E-state index contributed by atoms with van der Waals surface area (Å²) in [5.74, 6) is 0. The average Bonchev–Trinajstić information content (AvgIpc) is 2.99. The van der Waals surface area contributed by atoms with Gasteiger partial charge >= 0.3 is 0 Å². The van der Waals surface area contributed by atoms with Gasteiger partial charge in [0.2, 0.25) is 0 Å². The Hall–Kier alpha value is -1.96. The van der Waals surface area contributed by atoms with Crippen molar-refractivity contribution in [3.05, 3.63) is 71.8 Å². The molecule has 0 fully saturated rings. The molecule has 0 amide bonds. The van der Waals surface area contributed by atoms with Crippen LogP contribution in [-0.4, -0.2) is 18.4 Å². The molecule has 0 aromatic heterocycles. The molecular formula is C18H20FN. The van der Waals surface area contributed by atoms with E-state index in [1.165, 1.54) is 5.56 Å². The van der Waals surface area contributed by atoms with Crippen LogP contribution in [0.25, 0.3) is 0 Å². The van der Waals surface area contributed by atoms with Gasteiger partial charge in [0.05, 0.1) is 6.04 Å². The molecule has 1 nitrogen and oxygen atoms in total. The van der Waals surface area contributed by atoms with E-state index >= 15 is 0 Å². The van der Waals surface area contributed by atoms with Crippen molar-refractivity contribution < 1.29 is 4.39 Å². The second-order valence-corrected chi connectivity index (χ2v) is 4.94. The lowest BCUT2D eigenvalue weighted by molar-refractivity contribution is 0.429. The number of rotatable bonds is 2. The van der Waals surface area contributed by atoms with Gasteiger partial charge in [-0.25, -0.2) is 4.39 Å². The third-order valence-corrected chi connectivity index (χ3v) is 3.28. The summed E-state index contributed by atoms with van der Waals surface area (Å²) in [4.78, 5) is 4.32.